The van der Waals surface area contributed by atoms with Crippen molar-refractivity contribution in [3.8, 4) is 0 Å². The lowest BCUT2D eigenvalue weighted by Gasteiger charge is -2.19. The summed E-state index contributed by atoms with van der Waals surface area (Å²) in [6.45, 7) is 0. The van der Waals surface area contributed by atoms with E-state index >= 15 is 0 Å². The second-order valence-corrected chi connectivity index (χ2v) is 3.97. The first-order valence-electron chi connectivity index (χ1n) is 5.19. The fraction of sp³-hybridized carbons (Fsp3) is 0.273. The lowest BCUT2D eigenvalue weighted by molar-refractivity contribution is -0.137. The maximum atomic E-state index is 12.6. The van der Waals surface area contributed by atoms with Gasteiger partial charge in [-0.1, -0.05) is 6.07 Å². The number of likely N-dealkylation sites (N-methyl/N-ethyl adjacent to an activating group) is 1. The Balaban J connectivity index is 2.43. The molecule has 102 valence electrons. The predicted molar refractivity (Wildman–Crippen MR) is 58.1 cm³/mol. The highest BCUT2D eigenvalue weighted by Crippen LogP contribution is 2.33. The third-order valence-corrected chi connectivity index (χ3v) is 2.74. The van der Waals surface area contributed by atoms with Crippen LogP contribution in [0.3, 0.4) is 0 Å². The molecule has 0 bridgehead atoms. The zero-order chi connectivity index (χ0) is 14.4. The Bertz CT molecular complexity index is 544. The number of imide groups is 1. The van der Waals surface area contributed by atoms with Crippen molar-refractivity contribution in [2.45, 2.75) is 12.4 Å². The first kappa shape index (κ1) is 13.3. The fourth-order valence-corrected chi connectivity index (χ4v) is 1.73. The van der Waals surface area contributed by atoms with Gasteiger partial charge in [-0.2, -0.15) is 13.2 Å². The van der Waals surface area contributed by atoms with Crippen LogP contribution in [0.5, 0.6) is 0 Å². The van der Waals surface area contributed by atoms with Gasteiger partial charge in [0.05, 0.1) is 5.56 Å². The average molecular weight is 274 g/mol. The molecule has 1 saturated heterocycles. The monoisotopic (exact) mass is 274 g/mol. The summed E-state index contributed by atoms with van der Waals surface area (Å²) in [6, 6.07) is 2.97. The third kappa shape index (κ3) is 2.14. The minimum absolute atomic E-state index is 0.190. The van der Waals surface area contributed by atoms with E-state index in [0.29, 0.717) is 15.9 Å². The molecule has 1 fully saturated rings. The molecular formula is C11H9F3N2O3. The van der Waals surface area contributed by atoms with Crippen molar-refractivity contribution in [1.82, 2.24) is 4.90 Å². The molecule has 0 saturated carbocycles. The number of urea groups is 1. The van der Waals surface area contributed by atoms with Gasteiger partial charge < -0.3 is 5.11 Å². The first-order chi connectivity index (χ1) is 8.73. The summed E-state index contributed by atoms with van der Waals surface area (Å²) < 4.78 is 37.7. The molecule has 0 aliphatic carbocycles. The fourth-order valence-electron chi connectivity index (χ4n) is 1.73. The molecule has 1 heterocycles. The lowest BCUT2D eigenvalue weighted by atomic mass is 10.2. The van der Waals surface area contributed by atoms with E-state index in [2.05, 4.69) is 0 Å². The van der Waals surface area contributed by atoms with Crippen molar-refractivity contribution >= 4 is 17.6 Å². The molecule has 0 radical (unpaired) electrons. The highest BCUT2D eigenvalue weighted by atomic mass is 19.4. The molecule has 1 aromatic rings. The zero-order valence-corrected chi connectivity index (χ0v) is 9.68. The number of rotatable bonds is 1. The summed E-state index contributed by atoms with van der Waals surface area (Å²) in [7, 11) is 1.14. The van der Waals surface area contributed by atoms with Crippen LogP contribution in [0.2, 0.25) is 0 Å². The van der Waals surface area contributed by atoms with Gasteiger partial charge in [0.15, 0.2) is 0 Å². The molecule has 1 aromatic carbocycles. The van der Waals surface area contributed by atoms with E-state index < -0.39 is 29.9 Å². The van der Waals surface area contributed by atoms with Gasteiger partial charge in [0.25, 0.3) is 5.91 Å². The number of aliphatic hydroxyl groups excluding tert-OH is 1. The number of amides is 3. The number of benzene rings is 1. The van der Waals surface area contributed by atoms with Crippen LogP contribution < -0.4 is 4.90 Å². The molecule has 1 aliphatic heterocycles. The van der Waals surface area contributed by atoms with E-state index in [4.69, 9.17) is 0 Å². The van der Waals surface area contributed by atoms with Gasteiger partial charge in [-0.25, -0.2) is 4.79 Å². The van der Waals surface area contributed by atoms with Gasteiger partial charge in [-0.05, 0) is 18.2 Å². The average Bonchev–Trinajstić information content (AvgIpc) is 2.53. The molecule has 19 heavy (non-hydrogen) atoms. The van der Waals surface area contributed by atoms with E-state index in [9.17, 15) is 27.9 Å². The summed E-state index contributed by atoms with van der Waals surface area (Å²) in [5.74, 6) is -0.887. The number of halogens is 3. The summed E-state index contributed by atoms with van der Waals surface area (Å²) in [4.78, 5) is 24.3. The number of anilines is 1. The Hall–Kier alpha value is -2.09. The second-order valence-electron chi connectivity index (χ2n) is 3.97. The molecule has 1 N–H and O–H groups in total. The van der Waals surface area contributed by atoms with Crippen molar-refractivity contribution in [2.75, 3.05) is 11.9 Å². The van der Waals surface area contributed by atoms with Crippen LogP contribution in [0.4, 0.5) is 23.7 Å². The Morgan fingerprint density at radius 2 is 1.89 bits per heavy atom. The minimum atomic E-state index is -4.57. The largest absolute Gasteiger partial charge is 0.416 e. The van der Waals surface area contributed by atoms with Crippen LogP contribution in [0.15, 0.2) is 24.3 Å². The summed E-state index contributed by atoms with van der Waals surface area (Å²) in [5, 5.41) is 9.58. The standard InChI is InChI=1S/C11H9F3N2O3/c1-15-8(17)9(18)16(10(15)19)7-4-2-3-6(5-7)11(12,13)14/h2-5,9,18H,1H3/t9-/m1/s1. The first-order valence-corrected chi connectivity index (χ1v) is 5.19. The van der Waals surface area contributed by atoms with E-state index in [1.807, 2.05) is 0 Å². The number of alkyl halides is 3. The van der Waals surface area contributed by atoms with Crippen LogP contribution in [0.1, 0.15) is 5.56 Å². The van der Waals surface area contributed by atoms with Crippen molar-refractivity contribution < 1.29 is 27.9 Å². The molecule has 5 nitrogen and oxygen atoms in total. The van der Waals surface area contributed by atoms with Crippen LogP contribution in [-0.2, 0) is 11.0 Å². The molecule has 8 heteroatoms. The SMILES string of the molecule is CN1C(=O)[C@@H](O)N(c2cccc(C(F)(F)F)c2)C1=O. The van der Waals surface area contributed by atoms with Crippen LogP contribution >= 0.6 is 0 Å². The number of hydrogen-bond acceptors (Lipinski definition) is 3. The maximum absolute atomic E-state index is 12.6. The Labute approximate surface area is 105 Å². The number of carbonyl (C=O) groups excluding carboxylic acids is 2. The molecule has 3 amide bonds. The summed E-state index contributed by atoms with van der Waals surface area (Å²) >= 11 is 0. The normalized spacial score (nSPS) is 20.4. The summed E-state index contributed by atoms with van der Waals surface area (Å²) in [5.41, 5.74) is -1.16. The summed E-state index contributed by atoms with van der Waals surface area (Å²) in [6.07, 6.45) is -6.37. The number of hydrogen-bond donors (Lipinski definition) is 1. The van der Waals surface area contributed by atoms with Crippen LogP contribution in [0, 0.1) is 0 Å². The quantitative estimate of drug-likeness (QED) is 0.788. The van der Waals surface area contributed by atoms with Crippen molar-refractivity contribution in [2.24, 2.45) is 0 Å². The second kappa shape index (κ2) is 4.23. The smallest absolute Gasteiger partial charge is 0.365 e. The highest BCUT2D eigenvalue weighted by Gasteiger charge is 2.43. The maximum Gasteiger partial charge on any atom is 0.416 e. The van der Waals surface area contributed by atoms with E-state index in [0.717, 1.165) is 19.2 Å². The molecule has 1 atom stereocenters. The van der Waals surface area contributed by atoms with E-state index in [1.54, 1.807) is 0 Å². The van der Waals surface area contributed by atoms with Crippen LogP contribution in [-0.4, -0.2) is 35.2 Å². The van der Waals surface area contributed by atoms with E-state index in [-0.39, 0.29) is 5.69 Å². The number of nitrogens with zero attached hydrogens (tertiary/aromatic N) is 2. The number of aliphatic hydroxyl groups is 1. The van der Waals surface area contributed by atoms with Gasteiger partial charge in [0.1, 0.15) is 0 Å². The van der Waals surface area contributed by atoms with E-state index in [1.165, 1.54) is 6.07 Å². The molecule has 0 aromatic heterocycles. The minimum Gasteiger partial charge on any atom is -0.365 e. The molecular weight excluding hydrogens is 265 g/mol. The van der Waals surface area contributed by atoms with Gasteiger partial charge in [0, 0.05) is 12.7 Å². The Kier molecular flexibility index (Phi) is 2.97. The zero-order valence-electron chi connectivity index (χ0n) is 9.68. The van der Waals surface area contributed by atoms with Gasteiger partial charge in [-0.3, -0.25) is 14.6 Å². The van der Waals surface area contributed by atoms with Crippen molar-refractivity contribution in [3.63, 3.8) is 0 Å². The highest BCUT2D eigenvalue weighted by molar-refractivity contribution is 6.13. The molecule has 2 rings (SSSR count). The Morgan fingerprint density at radius 3 is 2.37 bits per heavy atom. The molecule has 0 unspecified atom stereocenters. The van der Waals surface area contributed by atoms with Gasteiger partial charge in [0.2, 0.25) is 6.23 Å². The van der Waals surface area contributed by atoms with Gasteiger partial charge in [-0.15, -0.1) is 0 Å². The molecule has 1 aliphatic rings. The van der Waals surface area contributed by atoms with Crippen molar-refractivity contribution in [3.05, 3.63) is 29.8 Å². The Morgan fingerprint density at radius 1 is 1.26 bits per heavy atom. The topological polar surface area (TPSA) is 60.9 Å². The number of carbonyl (C=O) groups is 2. The third-order valence-electron chi connectivity index (χ3n) is 2.74. The lowest BCUT2D eigenvalue weighted by Crippen LogP contribution is -2.34. The van der Waals surface area contributed by atoms with Crippen LogP contribution in [0.25, 0.3) is 0 Å². The van der Waals surface area contributed by atoms with Crippen molar-refractivity contribution in [1.29, 1.82) is 0 Å². The predicted octanol–water partition coefficient (Wildman–Crippen LogP) is 1.42. The van der Waals surface area contributed by atoms with Gasteiger partial charge >= 0.3 is 12.2 Å². The molecule has 0 spiro atoms.